The van der Waals surface area contributed by atoms with E-state index in [-0.39, 0.29) is 17.8 Å². The SMILES string of the molecule is O=C1C(=O)N(CC=CCCl)c2ccc([N+](=O)[O-])cc21. The first-order valence-electron chi connectivity index (χ1n) is 5.42. The van der Waals surface area contributed by atoms with Gasteiger partial charge in [0, 0.05) is 24.6 Å². The minimum atomic E-state index is -0.724. The molecule has 1 aliphatic rings. The first kappa shape index (κ1) is 13.2. The summed E-state index contributed by atoms with van der Waals surface area (Å²) < 4.78 is 0. The third-order valence-corrected chi connectivity index (χ3v) is 2.89. The maximum atomic E-state index is 11.8. The third kappa shape index (κ3) is 2.34. The largest absolute Gasteiger partial charge is 0.301 e. The number of carbonyl (C=O) groups excluding carboxylic acids is 2. The van der Waals surface area contributed by atoms with Gasteiger partial charge in [0.1, 0.15) is 0 Å². The van der Waals surface area contributed by atoms with Gasteiger partial charge in [-0.05, 0) is 6.07 Å². The van der Waals surface area contributed by atoms with Crippen LogP contribution in [0.3, 0.4) is 0 Å². The van der Waals surface area contributed by atoms with E-state index in [9.17, 15) is 19.7 Å². The first-order chi connectivity index (χ1) is 9.06. The molecule has 98 valence electrons. The second-order valence-corrected chi connectivity index (χ2v) is 4.14. The van der Waals surface area contributed by atoms with Gasteiger partial charge in [0.25, 0.3) is 17.4 Å². The molecule has 0 atom stereocenters. The number of non-ortho nitro benzene ring substituents is 1. The Morgan fingerprint density at radius 1 is 1.32 bits per heavy atom. The van der Waals surface area contributed by atoms with Crippen LogP contribution in [0.1, 0.15) is 10.4 Å². The number of Topliss-reactive ketones (excluding diaryl/α,β-unsaturated/α-hetero) is 1. The Labute approximate surface area is 113 Å². The van der Waals surface area contributed by atoms with Crippen LogP contribution in [-0.4, -0.2) is 29.0 Å². The van der Waals surface area contributed by atoms with Crippen molar-refractivity contribution < 1.29 is 14.5 Å². The number of halogens is 1. The summed E-state index contributed by atoms with van der Waals surface area (Å²) >= 11 is 5.48. The van der Waals surface area contributed by atoms with E-state index in [1.807, 2.05) is 0 Å². The number of alkyl halides is 1. The topological polar surface area (TPSA) is 80.5 Å². The standard InChI is InChI=1S/C12H9ClN2O4/c13-5-1-2-6-14-10-4-3-8(15(18)19)7-9(10)11(16)12(14)17/h1-4,7H,5-6H2. The molecule has 0 unspecified atom stereocenters. The Morgan fingerprint density at radius 2 is 2.05 bits per heavy atom. The number of rotatable bonds is 4. The number of allylic oxidation sites excluding steroid dienone is 1. The summed E-state index contributed by atoms with van der Waals surface area (Å²) in [6.45, 7) is 0.210. The summed E-state index contributed by atoms with van der Waals surface area (Å²) in [5.74, 6) is -1.10. The summed E-state index contributed by atoms with van der Waals surface area (Å²) in [5, 5.41) is 10.7. The fourth-order valence-electron chi connectivity index (χ4n) is 1.83. The molecule has 2 rings (SSSR count). The highest BCUT2D eigenvalue weighted by Gasteiger charge is 2.36. The molecule has 0 spiro atoms. The Hall–Kier alpha value is -2.21. The van der Waals surface area contributed by atoms with Crippen molar-refractivity contribution in [2.24, 2.45) is 0 Å². The van der Waals surface area contributed by atoms with E-state index < -0.39 is 16.6 Å². The lowest BCUT2D eigenvalue weighted by Gasteiger charge is -2.13. The fourth-order valence-corrected chi connectivity index (χ4v) is 1.95. The highest BCUT2D eigenvalue weighted by Crippen LogP contribution is 2.31. The quantitative estimate of drug-likeness (QED) is 0.277. The zero-order valence-electron chi connectivity index (χ0n) is 9.71. The number of hydrogen-bond donors (Lipinski definition) is 0. The van der Waals surface area contributed by atoms with Crippen LogP contribution in [0, 0.1) is 10.1 Å². The van der Waals surface area contributed by atoms with Crippen LogP contribution < -0.4 is 4.90 Å². The number of carbonyl (C=O) groups is 2. The zero-order valence-corrected chi connectivity index (χ0v) is 10.5. The molecule has 7 heteroatoms. The summed E-state index contributed by atoms with van der Waals surface area (Å²) in [5.41, 5.74) is 0.247. The molecule has 6 nitrogen and oxygen atoms in total. The fraction of sp³-hybridized carbons (Fsp3) is 0.167. The molecule has 0 saturated heterocycles. The van der Waals surface area contributed by atoms with E-state index in [1.165, 1.54) is 17.0 Å². The summed E-state index contributed by atoms with van der Waals surface area (Å²) in [7, 11) is 0. The van der Waals surface area contributed by atoms with Crippen LogP contribution in [0.2, 0.25) is 0 Å². The van der Waals surface area contributed by atoms with Crippen LogP contribution in [0.5, 0.6) is 0 Å². The van der Waals surface area contributed by atoms with Crippen LogP contribution in [0.4, 0.5) is 11.4 Å². The van der Waals surface area contributed by atoms with Crippen molar-refractivity contribution in [3.63, 3.8) is 0 Å². The average molecular weight is 281 g/mol. The molecule has 0 aliphatic carbocycles. The Bertz CT molecular complexity index is 597. The number of ketones is 1. The van der Waals surface area contributed by atoms with E-state index in [0.717, 1.165) is 6.07 Å². The third-order valence-electron chi connectivity index (χ3n) is 2.71. The Morgan fingerprint density at radius 3 is 2.68 bits per heavy atom. The number of nitrogens with zero attached hydrogens (tertiary/aromatic N) is 2. The number of nitro benzene ring substituents is 1. The molecule has 1 aromatic rings. The highest BCUT2D eigenvalue weighted by atomic mass is 35.5. The van der Waals surface area contributed by atoms with Crippen LogP contribution in [-0.2, 0) is 4.79 Å². The van der Waals surface area contributed by atoms with E-state index in [1.54, 1.807) is 12.2 Å². The van der Waals surface area contributed by atoms with Gasteiger partial charge in [-0.2, -0.15) is 0 Å². The van der Waals surface area contributed by atoms with Crippen LogP contribution >= 0.6 is 11.6 Å². The molecule has 1 amide bonds. The molecular formula is C12H9ClN2O4. The Kier molecular flexibility index (Phi) is 3.62. The van der Waals surface area contributed by atoms with Crippen molar-refractivity contribution in [3.05, 3.63) is 46.0 Å². The van der Waals surface area contributed by atoms with Gasteiger partial charge in [-0.25, -0.2) is 0 Å². The van der Waals surface area contributed by atoms with Crippen molar-refractivity contribution in [2.75, 3.05) is 17.3 Å². The van der Waals surface area contributed by atoms with Gasteiger partial charge in [-0.3, -0.25) is 19.7 Å². The van der Waals surface area contributed by atoms with E-state index in [0.29, 0.717) is 11.6 Å². The molecule has 19 heavy (non-hydrogen) atoms. The lowest BCUT2D eigenvalue weighted by molar-refractivity contribution is -0.384. The van der Waals surface area contributed by atoms with Gasteiger partial charge in [0.05, 0.1) is 16.2 Å². The molecule has 0 fully saturated rings. The molecule has 1 aliphatic heterocycles. The zero-order chi connectivity index (χ0) is 14.0. The summed E-state index contributed by atoms with van der Waals surface area (Å²) in [6, 6.07) is 3.80. The predicted molar refractivity (Wildman–Crippen MR) is 69.6 cm³/mol. The Balaban J connectivity index is 2.38. The normalized spacial score (nSPS) is 14.3. The number of nitro groups is 1. The van der Waals surface area contributed by atoms with Crippen molar-refractivity contribution in [1.29, 1.82) is 0 Å². The summed E-state index contributed by atoms with van der Waals surface area (Å²) in [6.07, 6.45) is 3.32. The molecule has 1 heterocycles. The van der Waals surface area contributed by atoms with Gasteiger partial charge in [0.15, 0.2) is 0 Å². The minimum Gasteiger partial charge on any atom is -0.301 e. The maximum absolute atomic E-state index is 11.8. The molecule has 0 N–H and O–H groups in total. The number of fused-ring (bicyclic) bond motifs is 1. The number of hydrogen-bond acceptors (Lipinski definition) is 4. The highest BCUT2D eigenvalue weighted by molar-refractivity contribution is 6.52. The van der Waals surface area contributed by atoms with Crippen LogP contribution in [0.15, 0.2) is 30.4 Å². The maximum Gasteiger partial charge on any atom is 0.299 e. The lowest BCUT2D eigenvalue weighted by Crippen LogP contribution is -2.29. The average Bonchev–Trinajstić information content (AvgIpc) is 2.63. The van der Waals surface area contributed by atoms with Gasteiger partial charge in [-0.15, -0.1) is 11.6 Å². The van der Waals surface area contributed by atoms with Gasteiger partial charge in [0.2, 0.25) is 0 Å². The second-order valence-electron chi connectivity index (χ2n) is 3.83. The molecule has 0 radical (unpaired) electrons. The molecular weight excluding hydrogens is 272 g/mol. The van der Waals surface area contributed by atoms with Crippen molar-refractivity contribution in [3.8, 4) is 0 Å². The van der Waals surface area contributed by atoms with Gasteiger partial charge >= 0.3 is 0 Å². The monoisotopic (exact) mass is 280 g/mol. The van der Waals surface area contributed by atoms with Crippen molar-refractivity contribution >= 4 is 34.7 Å². The van der Waals surface area contributed by atoms with E-state index >= 15 is 0 Å². The summed E-state index contributed by atoms with van der Waals surface area (Å²) in [4.78, 5) is 34.8. The molecule has 0 aromatic heterocycles. The van der Waals surface area contributed by atoms with Gasteiger partial charge < -0.3 is 4.90 Å². The first-order valence-corrected chi connectivity index (χ1v) is 5.95. The predicted octanol–water partition coefficient (Wildman–Crippen LogP) is 1.92. The van der Waals surface area contributed by atoms with E-state index in [4.69, 9.17) is 11.6 Å². The van der Waals surface area contributed by atoms with Crippen molar-refractivity contribution in [1.82, 2.24) is 0 Å². The van der Waals surface area contributed by atoms with E-state index in [2.05, 4.69) is 0 Å². The smallest absolute Gasteiger partial charge is 0.299 e. The second kappa shape index (κ2) is 5.19. The molecule has 0 saturated carbocycles. The van der Waals surface area contributed by atoms with Crippen LogP contribution in [0.25, 0.3) is 0 Å². The number of amides is 1. The minimum absolute atomic E-state index is 0.0680. The lowest BCUT2D eigenvalue weighted by atomic mass is 10.1. The van der Waals surface area contributed by atoms with Gasteiger partial charge in [-0.1, -0.05) is 12.2 Å². The molecule has 1 aromatic carbocycles. The van der Waals surface area contributed by atoms with Crippen molar-refractivity contribution in [2.45, 2.75) is 0 Å². The number of anilines is 1. The molecule has 0 bridgehead atoms. The number of benzene rings is 1.